The number of H-pyrrole nitrogens is 1. The van der Waals surface area contributed by atoms with Crippen molar-refractivity contribution in [2.45, 2.75) is 4.90 Å². The topological polar surface area (TPSA) is 80.1 Å². The maximum Gasteiger partial charge on any atom is 0.417 e. The minimum atomic E-state index is -4.92. The van der Waals surface area contributed by atoms with Gasteiger partial charge in [-0.1, -0.05) is 11.6 Å². The third kappa shape index (κ3) is 1.75. The van der Waals surface area contributed by atoms with Crippen LogP contribution in [0.5, 0.6) is 0 Å². The standard InChI is InChI=1S/C7H3ClFNO4S/c8-3-1-4-5(14-7(11)10-4)2-6(3)15(9,12)13/h1-2H,(H,10,11). The lowest BCUT2D eigenvalue weighted by Crippen LogP contribution is -1.93. The number of fused-ring (bicyclic) bond motifs is 1. The molecule has 15 heavy (non-hydrogen) atoms. The number of halogens is 2. The van der Waals surface area contributed by atoms with Crippen molar-refractivity contribution in [3.63, 3.8) is 0 Å². The van der Waals surface area contributed by atoms with Gasteiger partial charge in [0.25, 0.3) is 0 Å². The second-order valence-electron chi connectivity index (χ2n) is 2.73. The van der Waals surface area contributed by atoms with Crippen molar-refractivity contribution in [2.24, 2.45) is 0 Å². The van der Waals surface area contributed by atoms with Crippen LogP contribution in [0.1, 0.15) is 0 Å². The maximum atomic E-state index is 12.7. The van der Waals surface area contributed by atoms with Crippen molar-refractivity contribution >= 4 is 32.9 Å². The Morgan fingerprint density at radius 1 is 1.40 bits per heavy atom. The Balaban J connectivity index is 2.89. The summed E-state index contributed by atoms with van der Waals surface area (Å²) in [4.78, 5) is 12.3. The molecule has 0 aliphatic carbocycles. The smallest absolute Gasteiger partial charge is 0.408 e. The van der Waals surface area contributed by atoms with E-state index in [1.54, 1.807) is 0 Å². The molecule has 0 saturated heterocycles. The number of nitrogens with one attached hydrogen (secondary N) is 1. The SMILES string of the molecule is O=c1[nH]c2cc(Cl)c(S(=O)(=O)F)cc2o1. The summed E-state index contributed by atoms with van der Waals surface area (Å²) >= 11 is 5.51. The molecule has 2 rings (SSSR count). The Morgan fingerprint density at radius 2 is 2.07 bits per heavy atom. The third-order valence-electron chi connectivity index (χ3n) is 1.74. The first-order chi connectivity index (χ1) is 6.88. The molecule has 5 nitrogen and oxygen atoms in total. The number of rotatable bonds is 1. The molecule has 1 aromatic heterocycles. The quantitative estimate of drug-likeness (QED) is 0.778. The summed E-state index contributed by atoms with van der Waals surface area (Å²) < 4.78 is 38.5. The van der Waals surface area contributed by atoms with Crippen LogP contribution in [-0.4, -0.2) is 13.4 Å². The second kappa shape index (κ2) is 3.07. The zero-order valence-electron chi connectivity index (χ0n) is 6.95. The van der Waals surface area contributed by atoms with Gasteiger partial charge in [0.2, 0.25) is 0 Å². The largest absolute Gasteiger partial charge is 0.417 e. The Morgan fingerprint density at radius 3 is 2.67 bits per heavy atom. The summed E-state index contributed by atoms with van der Waals surface area (Å²) in [6.07, 6.45) is 0. The molecule has 0 aliphatic rings. The fraction of sp³-hybridized carbons (Fsp3) is 0. The number of benzene rings is 1. The lowest BCUT2D eigenvalue weighted by atomic mass is 10.3. The Labute approximate surface area is 87.7 Å². The van der Waals surface area contributed by atoms with Crippen LogP contribution in [0.25, 0.3) is 11.1 Å². The van der Waals surface area contributed by atoms with Crippen molar-refractivity contribution in [2.75, 3.05) is 0 Å². The molecule has 0 amide bonds. The highest BCUT2D eigenvalue weighted by atomic mass is 35.5. The summed E-state index contributed by atoms with van der Waals surface area (Å²) in [7, 11) is -4.92. The van der Waals surface area contributed by atoms with Gasteiger partial charge in [0.05, 0.1) is 10.5 Å². The summed E-state index contributed by atoms with van der Waals surface area (Å²) in [5, 5.41) is -0.318. The molecule has 0 bridgehead atoms. The van der Waals surface area contributed by atoms with Gasteiger partial charge in [0.1, 0.15) is 4.90 Å². The van der Waals surface area contributed by atoms with E-state index in [0.717, 1.165) is 12.1 Å². The normalized spacial score (nSPS) is 12.1. The minimum Gasteiger partial charge on any atom is -0.408 e. The highest BCUT2D eigenvalue weighted by Gasteiger charge is 2.19. The molecule has 80 valence electrons. The molecule has 0 aliphatic heterocycles. The molecule has 0 fully saturated rings. The van der Waals surface area contributed by atoms with E-state index in [9.17, 15) is 17.1 Å². The molecule has 0 saturated carbocycles. The highest BCUT2D eigenvalue weighted by Crippen LogP contribution is 2.27. The van der Waals surface area contributed by atoms with E-state index >= 15 is 0 Å². The Hall–Kier alpha value is -1.34. The van der Waals surface area contributed by atoms with E-state index in [0.29, 0.717) is 0 Å². The zero-order valence-corrected chi connectivity index (χ0v) is 8.52. The van der Waals surface area contributed by atoms with Crippen LogP contribution < -0.4 is 5.76 Å². The first-order valence-electron chi connectivity index (χ1n) is 3.65. The lowest BCUT2D eigenvalue weighted by molar-refractivity contribution is 0.546. The molecule has 0 atom stereocenters. The van der Waals surface area contributed by atoms with Gasteiger partial charge < -0.3 is 4.42 Å². The van der Waals surface area contributed by atoms with E-state index in [1.165, 1.54) is 0 Å². The molecule has 1 N–H and O–H groups in total. The van der Waals surface area contributed by atoms with Gasteiger partial charge >= 0.3 is 16.0 Å². The molecule has 0 spiro atoms. The summed E-state index contributed by atoms with van der Waals surface area (Å²) in [6, 6.07) is 1.96. The summed E-state index contributed by atoms with van der Waals surface area (Å²) in [6.45, 7) is 0. The van der Waals surface area contributed by atoms with E-state index in [4.69, 9.17) is 11.6 Å². The Bertz CT molecular complexity index is 687. The van der Waals surface area contributed by atoms with E-state index in [1.807, 2.05) is 0 Å². The average Bonchev–Trinajstić information content (AvgIpc) is 2.40. The van der Waals surface area contributed by atoms with Crippen LogP contribution in [0, 0.1) is 0 Å². The van der Waals surface area contributed by atoms with Gasteiger partial charge in [-0.25, -0.2) is 4.79 Å². The molecule has 1 aromatic carbocycles. The first-order valence-corrected chi connectivity index (χ1v) is 5.41. The van der Waals surface area contributed by atoms with Crippen LogP contribution in [0.15, 0.2) is 26.2 Å². The number of hydrogen-bond donors (Lipinski definition) is 1. The maximum absolute atomic E-state index is 12.7. The van der Waals surface area contributed by atoms with Crippen molar-refractivity contribution in [3.8, 4) is 0 Å². The van der Waals surface area contributed by atoms with Crippen molar-refractivity contribution in [1.29, 1.82) is 0 Å². The van der Waals surface area contributed by atoms with Gasteiger partial charge in [-0.15, -0.1) is 3.89 Å². The van der Waals surface area contributed by atoms with Crippen LogP contribution in [-0.2, 0) is 10.2 Å². The predicted octanol–water partition coefficient (Wildman–Crippen LogP) is 1.43. The third-order valence-corrected chi connectivity index (χ3v) is 3.02. The Kier molecular flexibility index (Phi) is 2.09. The van der Waals surface area contributed by atoms with E-state index in [2.05, 4.69) is 9.40 Å². The van der Waals surface area contributed by atoms with Gasteiger partial charge in [-0.2, -0.15) is 8.42 Å². The van der Waals surface area contributed by atoms with Gasteiger partial charge in [-0.3, -0.25) is 4.98 Å². The predicted molar refractivity (Wildman–Crippen MR) is 50.1 cm³/mol. The summed E-state index contributed by atoms with van der Waals surface area (Å²) in [5.41, 5.74) is 0.137. The molecule has 0 unspecified atom stereocenters. The van der Waals surface area contributed by atoms with Crippen molar-refractivity contribution in [3.05, 3.63) is 27.7 Å². The number of aromatic nitrogens is 1. The zero-order chi connectivity index (χ0) is 11.2. The van der Waals surface area contributed by atoms with Crippen molar-refractivity contribution < 1.29 is 16.7 Å². The van der Waals surface area contributed by atoms with Crippen LogP contribution in [0.2, 0.25) is 5.02 Å². The van der Waals surface area contributed by atoms with Crippen LogP contribution in [0.4, 0.5) is 3.89 Å². The van der Waals surface area contributed by atoms with Crippen LogP contribution in [0.3, 0.4) is 0 Å². The van der Waals surface area contributed by atoms with E-state index < -0.39 is 20.9 Å². The second-order valence-corrected chi connectivity index (χ2v) is 4.45. The number of hydrogen-bond acceptors (Lipinski definition) is 4. The molecule has 8 heteroatoms. The van der Waals surface area contributed by atoms with Crippen molar-refractivity contribution in [1.82, 2.24) is 4.98 Å². The monoisotopic (exact) mass is 251 g/mol. The van der Waals surface area contributed by atoms with Crippen LogP contribution >= 0.6 is 11.6 Å². The fourth-order valence-electron chi connectivity index (χ4n) is 1.14. The lowest BCUT2D eigenvalue weighted by Gasteiger charge is -1.97. The molecular formula is C7H3ClFNO4S. The highest BCUT2D eigenvalue weighted by molar-refractivity contribution is 7.86. The molecular weight excluding hydrogens is 249 g/mol. The van der Waals surface area contributed by atoms with Gasteiger partial charge in [0, 0.05) is 6.07 Å². The first kappa shape index (κ1) is 10.2. The van der Waals surface area contributed by atoms with Gasteiger partial charge in [0.15, 0.2) is 5.58 Å². The van der Waals surface area contributed by atoms with E-state index in [-0.39, 0.29) is 16.1 Å². The number of aromatic amines is 1. The number of oxazole rings is 1. The molecule has 1 heterocycles. The fourth-order valence-corrected chi connectivity index (χ4v) is 2.12. The van der Waals surface area contributed by atoms with Gasteiger partial charge in [-0.05, 0) is 6.07 Å². The molecule has 2 aromatic rings. The molecule has 0 radical (unpaired) electrons. The average molecular weight is 252 g/mol. The minimum absolute atomic E-state index is 0.0689. The summed E-state index contributed by atoms with van der Waals surface area (Å²) in [5.74, 6) is -0.769.